The molecule has 3 saturated heterocycles. The first-order chi connectivity index (χ1) is 19.9. The Kier molecular flexibility index (Phi) is 11.3. The number of rotatable bonds is 10. The third-order valence-corrected chi connectivity index (χ3v) is 9.38. The highest BCUT2D eigenvalue weighted by Crippen LogP contribution is 2.58. The molecule has 0 radical (unpaired) electrons. The molecule has 1 aromatic carbocycles. The van der Waals surface area contributed by atoms with Crippen molar-refractivity contribution in [3.8, 4) is 5.75 Å². The molecule has 3 aliphatic heterocycles. The predicted octanol–water partition coefficient (Wildman–Crippen LogP) is 5.07. The number of aliphatic carboxylic acids is 1. The number of likely N-dealkylation sites (tertiary alicyclic amines) is 1. The summed E-state index contributed by atoms with van der Waals surface area (Å²) in [7, 11) is 3.04. The normalized spacial score (nSPS) is 25.4. The number of carboxylic acids is 1. The summed E-state index contributed by atoms with van der Waals surface area (Å²) in [5.74, 6) is -3.10. The molecular formula is C29H39F3N2O7S. The van der Waals surface area contributed by atoms with E-state index in [2.05, 4.69) is 17.9 Å². The van der Waals surface area contributed by atoms with Crippen LogP contribution in [0.2, 0.25) is 0 Å². The van der Waals surface area contributed by atoms with Crippen LogP contribution in [-0.2, 0) is 23.9 Å². The van der Waals surface area contributed by atoms with Gasteiger partial charge in [-0.15, -0.1) is 11.8 Å². The number of ether oxygens (including phenoxy) is 2. The average Bonchev–Trinajstić information content (AvgIpc) is 3.42. The second kappa shape index (κ2) is 14.1. The number of benzene rings is 1. The molecule has 3 fully saturated rings. The number of nitrogens with zero attached hydrogens (tertiary/aromatic N) is 2. The summed E-state index contributed by atoms with van der Waals surface area (Å²) in [5, 5.41) is 7.12. The van der Waals surface area contributed by atoms with Gasteiger partial charge in [0, 0.05) is 17.5 Å². The Balaban J connectivity index is 0.000000616. The van der Waals surface area contributed by atoms with Crippen molar-refractivity contribution in [2.45, 2.75) is 81.4 Å². The highest BCUT2D eigenvalue weighted by molar-refractivity contribution is 7.99. The summed E-state index contributed by atoms with van der Waals surface area (Å²) < 4.78 is 42.8. The molecule has 3 heterocycles. The van der Waals surface area contributed by atoms with Crippen molar-refractivity contribution in [3.63, 3.8) is 0 Å². The zero-order valence-corrected chi connectivity index (χ0v) is 25.2. The van der Waals surface area contributed by atoms with Gasteiger partial charge in [0.25, 0.3) is 0 Å². The van der Waals surface area contributed by atoms with Crippen LogP contribution in [0, 0.1) is 11.8 Å². The van der Waals surface area contributed by atoms with Crippen molar-refractivity contribution in [3.05, 3.63) is 23.8 Å². The summed E-state index contributed by atoms with van der Waals surface area (Å²) in [6.07, 6.45) is 2.03. The molecule has 13 heteroatoms. The molecule has 2 amide bonds. The Morgan fingerprint density at radius 3 is 2.36 bits per heavy atom. The summed E-state index contributed by atoms with van der Waals surface area (Å²) in [6.45, 7) is 4.98. The lowest BCUT2D eigenvalue weighted by molar-refractivity contribution is -0.192. The smallest absolute Gasteiger partial charge is 0.490 e. The number of imide groups is 1. The first kappa shape index (κ1) is 33.7. The number of unbranched alkanes of at least 4 members (excludes halogenated alkanes) is 3. The Morgan fingerprint density at radius 2 is 1.79 bits per heavy atom. The van der Waals surface area contributed by atoms with Gasteiger partial charge in [-0.25, -0.2) is 4.79 Å². The number of carboxylic acid groups (broad SMARTS) is 1. The van der Waals surface area contributed by atoms with Gasteiger partial charge in [-0.1, -0.05) is 32.3 Å². The van der Waals surface area contributed by atoms with Crippen molar-refractivity contribution in [2.75, 3.05) is 33.1 Å². The number of methoxy groups -OCH3 is 2. The van der Waals surface area contributed by atoms with Crippen molar-refractivity contribution in [1.29, 1.82) is 0 Å². The highest BCUT2D eigenvalue weighted by atomic mass is 32.2. The number of thioether (sulfide) groups is 1. The van der Waals surface area contributed by atoms with Gasteiger partial charge >= 0.3 is 18.1 Å². The summed E-state index contributed by atoms with van der Waals surface area (Å²) in [5.41, 5.74) is -0.183. The molecule has 42 heavy (non-hydrogen) atoms. The maximum absolute atomic E-state index is 13.5. The molecule has 4 atom stereocenters. The molecule has 0 unspecified atom stereocenters. The zero-order valence-electron chi connectivity index (χ0n) is 24.4. The van der Waals surface area contributed by atoms with Crippen LogP contribution in [0.25, 0.3) is 0 Å². The maximum Gasteiger partial charge on any atom is 0.490 e. The van der Waals surface area contributed by atoms with Crippen LogP contribution in [0.4, 0.5) is 13.2 Å². The van der Waals surface area contributed by atoms with Crippen LogP contribution in [0.3, 0.4) is 0 Å². The molecule has 1 aromatic rings. The van der Waals surface area contributed by atoms with Crippen molar-refractivity contribution >= 4 is 35.5 Å². The Morgan fingerprint density at radius 1 is 1.10 bits per heavy atom. The van der Waals surface area contributed by atoms with E-state index in [-0.39, 0.29) is 17.9 Å². The third kappa shape index (κ3) is 6.41. The Bertz CT molecular complexity index is 1160. The van der Waals surface area contributed by atoms with Crippen LogP contribution in [0.15, 0.2) is 23.1 Å². The summed E-state index contributed by atoms with van der Waals surface area (Å²) in [6, 6.07) is 5.75. The molecule has 4 rings (SSSR count). The molecule has 1 N–H and O–H groups in total. The quantitative estimate of drug-likeness (QED) is 0.167. The van der Waals surface area contributed by atoms with Gasteiger partial charge in [-0.05, 0) is 62.6 Å². The van der Waals surface area contributed by atoms with Crippen LogP contribution in [0.1, 0.15) is 70.4 Å². The van der Waals surface area contributed by atoms with Gasteiger partial charge in [0.2, 0.25) is 11.8 Å². The van der Waals surface area contributed by atoms with E-state index in [0.717, 1.165) is 41.2 Å². The second-order valence-electron chi connectivity index (χ2n) is 10.6. The number of fused-ring (bicyclic) bond motifs is 3. The predicted molar refractivity (Wildman–Crippen MR) is 149 cm³/mol. The number of piperidine rings is 1. The lowest BCUT2D eigenvalue weighted by Crippen LogP contribution is -2.59. The number of amides is 2. The molecule has 0 aromatic heterocycles. The third-order valence-electron chi connectivity index (χ3n) is 8.23. The zero-order chi connectivity index (χ0) is 31.2. The van der Waals surface area contributed by atoms with Gasteiger partial charge in [-0.2, -0.15) is 13.2 Å². The van der Waals surface area contributed by atoms with E-state index in [1.54, 1.807) is 18.9 Å². The topological polar surface area (TPSA) is 113 Å². The Labute approximate surface area is 248 Å². The first-order valence-corrected chi connectivity index (χ1v) is 15.2. The standard InChI is InChI=1S/C27H38N2O5S.C2HF3O2/c1-5-7-8-11-16-35-20-13-12-18(17-19(20)33-3)23-21-22(25(31)28(6-2)24(21)30)27(26(32)34-4)14-9-10-15-29(23)27;3-2(4,5)1(6)7/h12-13,17,21-23H,5-11,14-16H2,1-4H3;(H,6,7)/t21-,22-,23-,27+;/m1./s1. The van der Waals surface area contributed by atoms with E-state index in [0.29, 0.717) is 19.5 Å². The fourth-order valence-corrected chi connectivity index (χ4v) is 7.44. The van der Waals surface area contributed by atoms with E-state index in [1.807, 2.05) is 19.1 Å². The van der Waals surface area contributed by atoms with Gasteiger partial charge in [0.15, 0.2) is 0 Å². The largest absolute Gasteiger partial charge is 0.496 e. The van der Waals surface area contributed by atoms with E-state index in [4.69, 9.17) is 19.4 Å². The highest BCUT2D eigenvalue weighted by Gasteiger charge is 2.72. The molecule has 0 spiro atoms. The van der Waals surface area contributed by atoms with Crippen LogP contribution < -0.4 is 4.74 Å². The number of carbonyl (C=O) groups excluding carboxylic acids is 3. The van der Waals surface area contributed by atoms with Crippen LogP contribution >= 0.6 is 11.8 Å². The maximum atomic E-state index is 13.5. The fraction of sp³-hybridized carbons (Fsp3) is 0.655. The van der Waals surface area contributed by atoms with E-state index in [1.165, 1.54) is 31.3 Å². The minimum Gasteiger partial charge on any atom is -0.496 e. The molecule has 9 nitrogen and oxygen atoms in total. The number of alkyl halides is 3. The SMILES string of the molecule is CCCCCCSc1ccc([C@@H]2[C@@H]3C(=O)N(CC)C(=O)[C@@H]3[C@]3(C(=O)OC)CCCCN23)cc1OC.O=C(O)C(F)(F)F. The molecule has 3 aliphatic rings. The summed E-state index contributed by atoms with van der Waals surface area (Å²) >= 11 is 1.79. The Hall–Kier alpha value is -2.80. The fourth-order valence-electron chi connectivity index (χ4n) is 6.43. The molecular weight excluding hydrogens is 577 g/mol. The van der Waals surface area contributed by atoms with Gasteiger partial charge in [0.1, 0.15) is 11.3 Å². The van der Waals surface area contributed by atoms with Crippen molar-refractivity contribution in [2.24, 2.45) is 11.8 Å². The van der Waals surface area contributed by atoms with E-state index in [9.17, 15) is 27.6 Å². The van der Waals surface area contributed by atoms with Crippen molar-refractivity contribution in [1.82, 2.24) is 9.80 Å². The average molecular weight is 617 g/mol. The molecule has 0 aliphatic carbocycles. The minimum atomic E-state index is -5.08. The number of hydrogen-bond acceptors (Lipinski definition) is 8. The monoisotopic (exact) mass is 616 g/mol. The van der Waals surface area contributed by atoms with E-state index >= 15 is 0 Å². The lowest BCUT2D eigenvalue weighted by Gasteiger charge is -2.44. The summed E-state index contributed by atoms with van der Waals surface area (Å²) in [4.78, 5) is 53.8. The van der Waals surface area contributed by atoms with Gasteiger partial charge in [0.05, 0.1) is 26.1 Å². The van der Waals surface area contributed by atoms with Gasteiger partial charge in [-0.3, -0.25) is 24.2 Å². The number of esters is 1. The number of carbonyl (C=O) groups is 4. The molecule has 0 bridgehead atoms. The molecule has 234 valence electrons. The number of halogens is 3. The van der Waals surface area contributed by atoms with Gasteiger partial charge < -0.3 is 14.6 Å². The van der Waals surface area contributed by atoms with Crippen LogP contribution in [-0.4, -0.2) is 83.4 Å². The van der Waals surface area contributed by atoms with E-state index < -0.39 is 35.5 Å². The lowest BCUT2D eigenvalue weighted by atomic mass is 9.75. The molecule has 0 saturated carbocycles. The first-order valence-electron chi connectivity index (χ1n) is 14.2. The minimum absolute atomic E-state index is 0.182. The second-order valence-corrected chi connectivity index (χ2v) is 11.7. The van der Waals surface area contributed by atoms with Crippen molar-refractivity contribution < 1.29 is 46.9 Å². The number of hydrogen-bond donors (Lipinski definition) is 1. The van der Waals surface area contributed by atoms with Crippen LogP contribution in [0.5, 0.6) is 5.75 Å².